The number of aryl methyl sites for hydroxylation is 2. The number of carbonyl (C=O) groups excluding carboxylic acids is 1. The zero-order chi connectivity index (χ0) is 14.1. The van der Waals surface area contributed by atoms with Gasteiger partial charge in [0.25, 0.3) is 5.91 Å². The predicted octanol–water partition coefficient (Wildman–Crippen LogP) is 1.96. The molecule has 2 aromatic heterocycles. The second kappa shape index (κ2) is 5.34. The highest BCUT2D eigenvalue weighted by Crippen LogP contribution is 2.23. The Balaban J connectivity index is 1.75. The van der Waals surface area contributed by atoms with Crippen LogP contribution in [0.2, 0.25) is 0 Å². The number of thiophene rings is 1. The van der Waals surface area contributed by atoms with Gasteiger partial charge < -0.3 is 14.1 Å². The molecule has 1 atom stereocenters. The molecule has 1 saturated heterocycles. The highest BCUT2D eigenvalue weighted by atomic mass is 32.1. The Morgan fingerprint density at radius 2 is 2.25 bits per heavy atom. The van der Waals surface area contributed by atoms with E-state index in [1.54, 1.807) is 11.8 Å². The number of amides is 1. The van der Waals surface area contributed by atoms with E-state index in [4.69, 9.17) is 9.15 Å². The third kappa shape index (κ3) is 2.46. The highest BCUT2D eigenvalue weighted by Gasteiger charge is 2.30. The van der Waals surface area contributed by atoms with Gasteiger partial charge in [0, 0.05) is 18.8 Å². The summed E-state index contributed by atoms with van der Waals surface area (Å²) in [6.07, 6.45) is -0.340. The monoisotopic (exact) mass is 293 g/mol. The van der Waals surface area contributed by atoms with Gasteiger partial charge in [-0.3, -0.25) is 4.79 Å². The number of aromatic nitrogens is 2. The van der Waals surface area contributed by atoms with E-state index >= 15 is 0 Å². The van der Waals surface area contributed by atoms with Gasteiger partial charge >= 0.3 is 0 Å². The Morgan fingerprint density at radius 1 is 1.40 bits per heavy atom. The standard InChI is InChI=1S/C13H15N3O3S/c1-8-6-20-7-10(8)13(17)16-3-4-18-11(5-16)12-15-14-9(2)19-12/h6-7,11H,3-5H2,1-2H3/t11-/m1/s1. The molecular formula is C13H15N3O3S. The molecule has 3 rings (SSSR count). The molecule has 0 saturated carbocycles. The maximum absolute atomic E-state index is 12.5. The molecule has 2 aromatic rings. The van der Waals surface area contributed by atoms with E-state index < -0.39 is 0 Å². The second-order valence-corrected chi connectivity index (χ2v) is 5.48. The normalized spacial score (nSPS) is 19.3. The molecule has 1 aliphatic heterocycles. The van der Waals surface area contributed by atoms with Gasteiger partial charge in [0.2, 0.25) is 11.8 Å². The number of ether oxygens (including phenoxy) is 1. The first-order valence-electron chi connectivity index (χ1n) is 6.39. The second-order valence-electron chi connectivity index (χ2n) is 4.74. The molecule has 6 nitrogen and oxygen atoms in total. The zero-order valence-electron chi connectivity index (χ0n) is 11.3. The van der Waals surface area contributed by atoms with Gasteiger partial charge in [-0.05, 0) is 17.9 Å². The maximum Gasteiger partial charge on any atom is 0.255 e. The van der Waals surface area contributed by atoms with Crippen LogP contribution >= 0.6 is 11.3 Å². The van der Waals surface area contributed by atoms with Crippen LogP contribution in [0.1, 0.15) is 33.8 Å². The topological polar surface area (TPSA) is 68.5 Å². The molecule has 0 N–H and O–H groups in total. The van der Waals surface area contributed by atoms with E-state index in [9.17, 15) is 4.79 Å². The van der Waals surface area contributed by atoms with Crippen LogP contribution in [0.4, 0.5) is 0 Å². The van der Waals surface area contributed by atoms with Crippen molar-refractivity contribution in [1.82, 2.24) is 15.1 Å². The Morgan fingerprint density at radius 3 is 2.90 bits per heavy atom. The number of carbonyl (C=O) groups is 1. The first kappa shape index (κ1) is 13.3. The van der Waals surface area contributed by atoms with Crippen LogP contribution in [-0.4, -0.2) is 40.7 Å². The minimum absolute atomic E-state index is 0.0355. The largest absolute Gasteiger partial charge is 0.423 e. The van der Waals surface area contributed by atoms with E-state index in [1.807, 2.05) is 17.7 Å². The quantitative estimate of drug-likeness (QED) is 0.846. The van der Waals surface area contributed by atoms with Gasteiger partial charge in [-0.25, -0.2) is 0 Å². The third-order valence-corrected chi connectivity index (χ3v) is 4.12. The summed E-state index contributed by atoms with van der Waals surface area (Å²) in [5, 5.41) is 11.6. The van der Waals surface area contributed by atoms with Crippen LogP contribution in [0.5, 0.6) is 0 Å². The van der Waals surface area contributed by atoms with Crippen molar-refractivity contribution in [2.75, 3.05) is 19.7 Å². The van der Waals surface area contributed by atoms with Crippen molar-refractivity contribution >= 4 is 17.2 Å². The first-order chi connectivity index (χ1) is 9.65. The molecule has 3 heterocycles. The Bertz CT molecular complexity index is 622. The molecule has 0 unspecified atom stereocenters. The number of morpholine rings is 1. The SMILES string of the molecule is Cc1nnc([C@H]2CN(C(=O)c3cscc3C)CCO2)o1. The van der Waals surface area contributed by atoms with Crippen LogP contribution in [0.15, 0.2) is 15.2 Å². The molecule has 0 radical (unpaired) electrons. The third-order valence-electron chi connectivity index (χ3n) is 3.26. The summed E-state index contributed by atoms with van der Waals surface area (Å²) < 4.78 is 11.0. The first-order valence-corrected chi connectivity index (χ1v) is 7.33. The molecule has 1 fully saturated rings. The number of hydrogen-bond acceptors (Lipinski definition) is 6. The van der Waals surface area contributed by atoms with Crippen LogP contribution < -0.4 is 0 Å². The fourth-order valence-corrected chi connectivity index (χ4v) is 3.00. The summed E-state index contributed by atoms with van der Waals surface area (Å²) in [5.41, 5.74) is 1.77. The molecule has 0 aromatic carbocycles. The lowest BCUT2D eigenvalue weighted by Crippen LogP contribution is -2.42. The molecule has 0 spiro atoms. The molecule has 0 bridgehead atoms. The van der Waals surface area contributed by atoms with Crippen LogP contribution in [0.3, 0.4) is 0 Å². The fourth-order valence-electron chi connectivity index (χ4n) is 2.18. The van der Waals surface area contributed by atoms with Gasteiger partial charge in [0.05, 0.1) is 18.7 Å². The van der Waals surface area contributed by atoms with Gasteiger partial charge in [0.15, 0.2) is 6.10 Å². The van der Waals surface area contributed by atoms with E-state index in [-0.39, 0.29) is 12.0 Å². The van der Waals surface area contributed by atoms with Gasteiger partial charge in [-0.1, -0.05) is 0 Å². The van der Waals surface area contributed by atoms with E-state index in [2.05, 4.69) is 10.2 Å². The molecule has 7 heteroatoms. The smallest absolute Gasteiger partial charge is 0.255 e. The van der Waals surface area contributed by atoms with Gasteiger partial charge in [-0.15, -0.1) is 10.2 Å². The fraction of sp³-hybridized carbons (Fsp3) is 0.462. The van der Waals surface area contributed by atoms with E-state index in [0.29, 0.717) is 31.5 Å². The molecule has 1 aliphatic rings. The predicted molar refractivity (Wildman–Crippen MR) is 72.7 cm³/mol. The van der Waals surface area contributed by atoms with Crippen molar-refractivity contribution in [2.45, 2.75) is 20.0 Å². The van der Waals surface area contributed by atoms with Crippen LogP contribution in [0.25, 0.3) is 0 Å². The van der Waals surface area contributed by atoms with E-state index in [0.717, 1.165) is 11.1 Å². The maximum atomic E-state index is 12.5. The molecular weight excluding hydrogens is 278 g/mol. The lowest BCUT2D eigenvalue weighted by molar-refractivity contribution is -0.0349. The van der Waals surface area contributed by atoms with Crippen LogP contribution in [0, 0.1) is 13.8 Å². The van der Waals surface area contributed by atoms with Gasteiger partial charge in [0.1, 0.15) is 0 Å². The minimum atomic E-state index is -0.340. The number of nitrogens with zero attached hydrogens (tertiary/aromatic N) is 3. The Labute approximate surface area is 120 Å². The van der Waals surface area contributed by atoms with Crippen molar-refractivity contribution in [3.8, 4) is 0 Å². The average Bonchev–Trinajstić information content (AvgIpc) is 3.07. The van der Waals surface area contributed by atoms with Gasteiger partial charge in [-0.2, -0.15) is 11.3 Å². The Hall–Kier alpha value is -1.73. The summed E-state index contributed by atoms with van der Waals surface area (Å²) in [7, 11) is 0. The minimum Gasteiger partial charge on any atom is -0.423 e. The lowest BCUT2D eigenvalue weighted by Gasteiger charge is -2.31. The Kier molecular flexibility index (Phi) is 3.54. The van der Waals surface area contributed by atoms with Crippen molar-refractivity contribution in [3.05, 3.63) is 33.7 Å². The van der Waals surface area contributed by atoms with Crippen molar-refractivity contribution in [2.24, 2.45) is 0 Å². The highest BCUT2D eigenvalue weighted by molar-refractivity contribution is 7.08. The summed E-state index contributed by atoms with van der Waals surface area (Å²) >= 11 is 1.54. The molecule has 106 valence electrons. The van der Waals surface area contributed by atoms with Crippen molar-refractivity contribution < 1.29 is 13.9 Å². The summed E-state index contributed by atoms with van der Waals surface area (Å²) in [4.78, 5) is 14.3. The molecule has 20 heavy (non-hydrogen) atoms. The summed E-state index contributed by atoms with van der Waals surface area (Å²) in [6, 6.07) is 0. The van der Waals surface area contributed by atoms with Crippen molar-refractivity contribution in [3.63, 3.8) is 0 Å². The molecule has 1 amide bonds. The molecule has 0 aliphatic carbocycles. The average molecular weight is 293 g/mol. The lowest BCUT2D eigenvalue weighted by atomic mass is 10.1. The number of hydrogen-bond donors (Lipinski definition) is 0. The summed E-state index contributed by atoms with van der Waals surface area (Å²) in [6.45, 7) is 5.18. The van der Waals surface area contributed by atoms with Crippen LogP contribution in [-0.2, 0) is 4.74 Å². The summed E-state index contributed by atoms with van der Waals surface area (Å²) in [5.74, 6) is 0.969. The van der Waals surface area contributed by atoms with E-state index in [1.165, 1.54) is 11.3 Å². The zero-order valence-corrected chi connectivity index (χ0v) is 12.1. The number of rotatable bonds is 2. The van der Waals surface area contributed by atoms with Crippen molar-refractivity contribution in [1.29, 1.82) is 0 Å².